The minimum atomic E-state index is 0.869. The minimum absolute atomic E-state index is 0.869. The number of fused-ring (bicyclic) bond motifs is 1. The van der Waals surface area contributed by atoms with E-state index in [9.17, 15) is 0 Å². The van der Waals surface area contributed by atoms with Crippen molar-refractivity contribution in [3.05, 3.63) is 17.3 Å². The molecule has 0 saturated heterocycles. The highest BCUT2D eigenvalue weighted by Gasteiger charge is 2.17. The molecule has 118 valence electrons. The summed E-state index contributed by atoms with van der Waals surface area (Å²) < 4.78 is 2.22. The average molecular weight is 309 g/mol. The van der Waals surface area contributed by atoms with Crippen LogP contribution in [0.15, 0.2) is 11.6 Å². The molecule has 6 heteroatoms. The molecular formula is C15H27N5S. The fourth-order valence-electron chi connectivity index (χ4n) is 2.47. The SMILES string of the molecule is CCNCc1c(N(CC)CCCN(C)C)nc2sccn12. The van der Waals surface area contributed by atoms with E-state index in [1.165, 1.54) is 5.69 Å². The van der Waals surface area contributed by atoms with E-state index in [0.717, 1.165) is 49.9 Å². The molecule has 1 N–H and O–H groups in total. The van der Waals surface area contributed by atoms with Crippen molar-refractivity contribution in [2.24, 2.45) is 0 Å². The molecule has 0 radical (unpaired) electrons. The van der Waals surface area contributed by atoms with E-state index in [-0.39, 0.29) is 0 Å². The van der Waals surface area contributed by atoms with Gasteiger partial charge in [0.05, 0.1) is 5.69 Å². The van der Waals surface area contributed by atoms with Crippen molar-refractivity contribution in [2.75, 3.05) is 45.2 Å². The summed E-state index contributed by atoms with van der Waals surface area (Å²) in [5, 5.41) is 5.54. The minimum Gasteiger partial charge on any atom is -0.355 e. The Morgan fingerprint density at radius 2 is 2.10 bits per heavy atom. The first-order valence-corrected chi connectivity index (χ1v) is 8.60. The maximum atomic E-state index is 4.85. The van der Waals surface area contributed by atoms with Crippen LogP contribution in [-0.4, -0.2) is 54.6 Å². The lowest BCUT2D eigenvalue weighted by atomic mass is 10.3. The molecule has 0 fully saturated rings. The molecule has 2 rings (SSSR count). The summed E-state index contributed by atoms with van der Waals surface area (Å²) in [7, 11) is 4.25. The van der Waals surface area contributed by atoms with Gasteiger partial charge >= 0.3 is 0 Å². The summed E-state index contributed by atoms with van der Waals surface area (Å²) in [6, 6.07) is 0. The summed E-state index contributed by atoms with van der Waals surface area (Å²) in [5.41, 5.74) is 1.28. The second-order valence-electron chi connectivity index (χ2n) is 5.45. The molecule has 2 heterocycles. The van der Waals surface area contributed by atoms with Gasteiger partial charge in [0.2, 0.25) is 0 Å². The highest BCUT2D eigenvalue weighted by molar-refractivity contribution is 7.15. The van der Waals surface area contributed by atoms with Gasteiger partial charge in [-0.05, 0) is 40.5 Å². The van der Waals surface area contributed by atoms with Crippen molar-refractivity contribution in [3.63, 3.8) is 0 Å². The molecule has 0 aromatic carbocycles. The van der Waals surface area contributed by atoms with Crippen LogP contribution in [0.4, 0.5) is 5.82 Å². The smallest absolute Gasteiger partial charge is 0.195 e. The van der Waals surface area contributed by atoms with Crippen LogP contribution < -0.4 is 10.2 Å². The number of thiazole rings is 1. The highest BCUT2D eigenvalue weighted by atomic mass is 32.1. The number of hydrogen-bond donors (Lipinski definition) is 1. The van der Waals surface area contributed by atoms with Crippen LogP contribution in [0.2, 0.25) is 0 Å². The Hall–Kier alpha value is -1.11. The molecule has 0 aliphatic heterocycles. The molecule has 21 heavy (non-hydrogen) atoms. The van der Waals surface area contributed by atoms with Gasteiger partial charge in [-0.2, -0.15) is 0 Å². The summed E-state index contributed by atoms with van der Waals surface area (Å²) in [6.45, 7) is 9.36. The van der Waals surface area contributed by atoms with Gasteiger partial charge in [0.15, 0.2) is 10.8 Å². The molecule has 2 aromatic rings. The van der Waals surface area contributed by atoms with Crippen LogP contribution in [0.1, 0.15) is 26.0 Å². The zero-order valence-corrected chi connectivity index (χ0v) is 14.4. The molecule has 0 atom stereocenters. The monoisotopic (exact) mass is 309 g/mol. The summed E-state index contributed by atoms with van der Waals surface area (Å²) >= 11 is 1.70. The van der Waals surface area contributed by atoms with Gasteiger partial charge in [-0.25, -0.2) is 4.98 Å². The Bertz CT molecular complexity index is 545. The van der Waals surface area contributed by atoms with Crippen molar-refractivity contribution in [1.82, 2.24) is 19.6 Å². The summed E-state index contributed by atoms with van der Waals surface area (Å²) in [4.78, 5) is 10.6. The van der Waals surface area contributed by atoms with Crippen molar-refractivity contribution >= 4 is 22.1 Å². The van der Waals surface area contributed by atoms with Crippen molar-refractivity contribution in [1.29, 1.82) is 0 Å². The number of aromatic nitrogens is 2. The molecule has 0 bridgehead atoms. The van der Waals surface area contributed by atoms with Crippen LogP contribution in [0.25, 0.3) is 4.96 Å². The zero-order valence-electron chi connectivity index (χ0n) is 13.6. The Balaban J connectivity index is 2.18. The van der Waals surface area contributed by atoms with E-state index in [1.54, 1.807) is 11.3 Å². The van der Waals surface area contributed by atoms with Gasteiger partial charge in [-0.15, -0.1) is 11.3 Å². The van der Waals surface area contributed by atoms with E-state index in [2.05, 4.69) is 59.0 Å². The van der Waals surface area contributed by atoms with Crippen LogP contribution in [0.5, 0.6) is 0 Å². The van der Waals surface area contributed by atoms with E-state index >= 15 is 0 Å². The average Bonchev–Trinajstić information content (AvgIpc) is 3.02. The first-order valence-electron chi connectivity index (χ1n) is 7.72. The first-order chi connectivity index (χ1) is 10.2. The number of hydrogen-bond acceptors (Lipinski definition) is 5. The van der Waals surface area contributed by atoms with E-state index in [0.29, 0.717) is 0 Å². The second kappa shape index (κ2) is 7.77. The quantitative estimate of drug-likeness (QED) is 0.771. The van der Waals surface area contributed by atoms with Gasteiger partial charge in [-0.1, -0.05) is 6.92 Å². The number of anilines is 1. The lowest BCUT2D eigenvalue weighted by Crippen LogP contribution is -2.29. The van der Waals surface area contributed by atoms with Crippen LogP contribution in [-0.2, 0) is 6.54 Å². The Morgan fingerprint density at radius 3 is 2.76 bits per heavy atom. The number of nitrogens with one attached hydrogen (secondary N) is 1. The van der Waals surface area contributed by atoms with Crippen molar-refractivity contribution in [2.45, 2.75) is 26.8 Å². The standard InChI is InChI=1S/C15H27N5S/c1-5-16-12-13-14(17-15-20(13)10-11-21-15)19(6-2)9-7-8-18(3)4/h10-11,16H,5-9,12H2,1-4H3. The topological polar surface area (TPSA) is 35.8 Å². The van der Waals surface area contributed by atoms with Gasteiger partial charge in [-0.3, -0.25) is 4.40 Å². The molecule has 0 amide bonds. The molecule has 0 aliphatic carbocycles. The third-order valence-electron chi connectivity index (χ3n) is 3.60. The van der Waals surface area contributed by atoms with Gasteiger partial charge in [0.25, 0.3) is 0 Å². The first kappa shape index (κ1) is 16.3. The predicted molar refractivity (Wildman–Crippen MR) is 91.5 cm³/mol. The fourth-order valence-corrected chi connectivity index (χ4v) is 3.20. The molecule has 0 saturated carbocycles. The number of nitrogens with zero attached hydrogens (tertiary/aromatic N) is 4. The largest absolute Gasteiger partial charge is 0.355 e. The van der Waals surface area contributed by atoms with Crippen LogP contribution in [0, 0.1) is 0 Å². The molecular weight excluding hydrogens is 282 g/mol. The van der Waals surface area contributed by atoms with Crippen molar-refractivity contribution < 1.29 is 0 Å². The normalized spacial score (nSPS) is 11.7. The summed E-state index contributed by atoms with van der Waals surface area (Å²) in [6.07, 6.45) is 3.28. The fraction of sp³-hybridized carbons (Fsp3) is 0.667. The Morgan fingerprint density at radius 1 is 1.29 bits per heavy atom. The number of rotatable bonds is 9. The number of imidazole rings is 1. The van der Waals surface area contributed by atoms with Crippen molar-refractivity contribution in [3.8, 4) is 0 Å². The lowest BCUT2D eigenvalue weighted by molar-refractivity contribution is 0.400. The molecule has 2 aromatic heterocycles. The molecule has 0 aliphatic rings. The molecule has 0 spiro atoms. The molecule has 5 nitrogen and oxygen atoms in total. The van der Waals surface area contributed by atoms with E-state index < -0.39 is 0 Å². The van der Waals surface area contributed by atoms with Gasteiger partial charge < -0.3 is 15.1 Å². The highest BCUT2D eigenvalue weighted by Crippen LogP contribution is 2.24. The third-order valence-corrected chi connectivity index (χ3v) is 4.35. The van der Waals surface area contributed by atoms with E-state index in [1.807, 2.05) is 0 Å². The second-order valence-corrected chi connectivity index (χ2v) is 6.33. The lowest BCUT2D eigenvalue weighted by Gasteiger charge is -2.23. The Labute approximate surface area is 131 Å². The van der Waals surface area contributed by atoms with Gasteiger partial charge in [0.1, 0.15) is 0 Å². The van der Waals surface area contributed by atoms with Crippen LogP contribution >= 0.6 is 11.3 Å². The molecule has 0 unspecified atom stereocenters. The third kappa shape index (κ3) is 3.96. The maximum absolute atomic E-state index is 4.85. The van der Waals surface area contributed by atoms with E-state index in [4.69, 9.17) is 4.98 Å². The predicted octanol–water partition coefficient (Wildman–Crippen LogP) is 2.28. The zero-order chi connectivity index (χ0) is 15.2. The maximum Gasteiger partial charge on any atom is 0.195 e. The van der Waals surface area contributed by atoms with Crippen LogP contribution in [0.3, 0.4) is 0 Å². The Kier molecular flexibility index (Phi) is 6.02. The van der Waals surface area contributed by atoms with Gasteiger partial charge in [0, 0.05) is 31.2 Å². The summed E-state index contributed by atoms with van der Waals surface area (Å²) in [5.74, 6) is 1.14.